The van der Waals surface area contributed by atoms with E-state index >= 15 is 0 Å². The first kappa shape index (κ1) is 15.8. The molecule has 0 spiro atoms. The molecule has 6 nitrogen and oxygen atoms in total. The van der Waals surface area contributed by atoms with Crippen LogP contribution in [0.15, 0.2) is 71.3 Å². The van der Waals surface area contributed by atoms with Crippen LogP contribution in [0.2, 0.25) is 0 Å². The van der Waals surface area contributed by atoms with Crippen LogP contribution in [0.3, 0.4) is 0 Å². The van der Waals surface area contributed by atoms with Crippen LogP contribution in [0.5, 0.6) is 0 Å². The van der Waals surface area contributed by atoms with Gasteiger partial charge in [-0.3, -0.25) is 0 Å². The lowest BCUT2D eigenvalue weighted by Crippen LogP contribution is -2.10. The summed E-state index contributed by atoms with van der Waals surface area (Å²) < 4.78 is 9.36. The molecule has 1 N–H and O–H groups in total. The summed E-state index contributed by atoms with van der Waals surface area (Å²) >= 11 is 0. The minimum absolute atomic E-state index is 0.509. The number of aryl methyl sites for hydroxylation is 1. The molecule has 27 heavy (non-hydrogen) atoms. The smallest absolute Gasteiger partial charge is 0.152 e. The number of hydrogen-bond donors (Lipinski definition) is 1. The monoisotopic (exact) mass is 358 g/mol. The molecule has 3 heterocycles. The molecule has 5 aromatic rings. The van der Waals surface area contributed by atoms with Gasteiger partial charge in [-0.15, -0.1) is 5.10 Å². The highest BCUT2D eigenvalue weighted by atomic mass is 16.4. The Kier molecular flexibility index (Phi) is 3.58. The van der Waals surface area contributed by atoms with Crippen molar-refractivity contribution in [3.05, 3.63) is 83.9 Å². The van der Waals surface area contributed by atoms with Crippen molar-refractivity contribution < 1.29 is 9.52 Å². The fourth-order valence-electron chi connectivity index (χ4n) is 3.77. The zero-order chi connectivity index (χ0) is 18.4. The molecule has 0 saturated heterocycles. The Morgan fingerprint density at radius 2 is 1.78 bits per heavy atom. The lowest BCUT2D eigenvalue weighted by molar-refractivity contribution is 0.180. The molecule has 3 aromatic heterocycles. The number of nitrogens with zero attached hydrogens (tertiary/aromatic N) is 4. The van der Waals surface area contributed by atoms with Gasteiger partial charge in [-0.25, -0.2) is 4.68 Å². The second-order valence-corrected chi connectivity index (χ2v) is 6.59. The Labute approximate surface area is 155 Å². The number of aliphatic hydroxyl groups excluding tert-OH is 1. The zero-order valence-corrected chi connectivity index (χ0v) is 14.8. The summed E-state index contributed by atoms with van der Waals surface area (Å²) in [5.41, 5.74) is 4.67. The second-order valence-electron chi connectivity index (χ2n) is 6.59. The maximum absolute atomic E-state index is 11.0. The summed E-state index contributed by atoms with van der Waals surface area (Å²) in [5, 5.41) is 20.7. The number of para-hydroxylation sites is 2. The molecule has 0 amide bonds. The van der Waals surface area contributed by atoms with Crippen LogP contribution in [0.1, 0.15) is 23.1 Å². The van der Waals surface area contributed by atoms with E-state index in [0.29, 0.717) is 12.3 Å². The number of hydrogen-bond acceptors (Lipinski definition) is 4. The van der Waals surface area contributed by atoms with Crippen molar-refractivity contribution in [2.24, 2.45) is 7.05 Å². The highest BCUT2D eigenvalue weighted by molar-refractivity contribution is 5.86. The van der Waals surface area contributed by atoms with Crippen molar-refractivity contribution in [3.8, 4) is 0 Å². The molecule has 0 radical (unpaired) electrons. The standard InChI is InChI=1S/C21H18N4O2/c1-24-17-9-4-2-7-14(17)15(20(24)21(26)19-11-6-12-27-19)13-25-18-10-5-3-8-16(18)22-23-25/h2-12,21,26H,13H2,1H3. The Morgan fingerprint density at radius 1 is 1.00 bits per heavy atom. The molecule has 0 aliphatic carbocycles. The number of aromatic nitrogens is 4. The van der Waals surface area contributed by atoms with Gasteiger partial charge < -0.3 is 14.1 Å². The molecule has 0 aliphatic heterocycles. The lowest BCUT2D eigenvalue weighted by Gasteiger charge is -2.13. The predicted molar refractivity (Wildman–Crippen MR) is 102 cm³/mol. The lowest BCUT2D eigenvalue weighted by atomic mass is 10.1. The van der Waals surface area contributed by atoms with E-state index in [1.165, 1.54) is 0 Å². The van der Waals surface area contributed by atoms with Crippen LogP contribution in [0.25, 0.3) is 21.9 Å². The van der Waals surface area contributed by atoms with Gasteiger partial charge >= 0.3 is 0 Å². The maximum atomic E-state index is 11.0. The van der Waals surface area contributed by atoms with Gasteiger partial charge in [0.05, 0.1) is 24.0 Å². The third-order valence-corrected chi connectivity index (χ3v) is 5.06. The van der Waals surface area contributed by atoms with Gasteiger partial charge in [-0.2, -0.15) is 0 Å². The van der Waals surface area contributed by atoms with Gasteiger partial charge in [0.15, 0.2) is 6.10 Å². The molecule has 0 bridgehead atoms. The van der Waals surface area contributed by atoms with E-state index in [0.717, 1.165) is 33.2 Å². The number of benzene rings is 2. The average molecular weight is 358 g/mol. The normalized spacial score (nSPS) is 12.8. The van der Waals surface area contributed by atoms with E-state index in [-0.39, 0.29) is 0 Å². The molecule has 1 atom stereocenters. The summed E-state index contributed by atoms with van der Waals surface area (Å²) in [7, 11) is 1.97. The molecular formula is C21H18N4O2. The molecular weight excluding hydrogens is 340 g/mol. The summed E-state index contributed by atoms with van der Waals surface area (Å²) in [6.45, 7) is 0.509. The molecule has 134 valence electrons. The minimum Gasteiger partial charge on any atom is -0.466 e. The van der Waals surface area contributed by atoms with E-state index < -0.39 is 6.10 Å². The molecule has 0 aliphatic rings. The first-order valence-electron chi connectivity index (χ1n) is 8.80. The van der Waals surface area contributed by atoms with Gasteiger partial charge in [0, 0.05) is 23.5 Å². The van der Waals surface area contributed by atoms with E-state index in [9.17, 15) is 5.11 Å². The van der Waals surface area contributed by atoms with Gasteiger partial charge in [0.1, 0.15) is 11.3 Å². The first-order valence-corrected chi connectivity index (χ1v) is 8.80. The Morgan fingerprint density at radius 3 is 2.59 bits per heavy atom. The minimum atomic E-state index is -0.859. The number of aliphatic hydroxyl groups is 1. The van der Waals surface area contributed by atoms with Crippen LogP contribution in [-0.4, -0.2) is 24.7 Å². The molecule has 6 heteroatoms. The summed E-state index contributed by atoms with van der Waals surface area (Å²) in [4.78, 5) is 0. The van der Waals surface area contributed by atoms with Crippen LogP contribution in [0.4, 0.5) is 0 Å². The molecule has 0 fully saturated rings. The van der Waals surface area contributed by atoms with E-state index in [1.54, 1.807) is 18.4 Å². The highest BCUT2D eigenvalue weighted by Crippen LogP contribution is 2.33. The fourth-order valence-corrected chi connectivity index (χ4v) is 3.77. The Hall–Kier alpha value is -3.38. The van der Waals surface area contributed by atoms with E-state index in [1.807, 2.05) is 52.7 Å². The molecule has 2 aromatic carbocycles. The second kappa shape index (κ2) is 6.10. The van der Waals surface area contributed by atoms with Gasteiger partial charge in [-0.1, -0.05) is 35.5 Å². The topological polar surface area (TPSA) is 69.0 Å². The summed E-state index contributed by atoms with van der Waals surface area (Å²) in [6.07, 6.45) is 0.716. The molecule has 1 unspecified atom stereocenters. The fraction of sp³-hybridized carbons (Fsp3) is 0.143. The number of furan rings is 1. The number of fused-ring (bicyclic) bond motifs is 2. The van der Waals surface area contributed by atoms with Crippen molar-refractivity contribution in [2.75, 3.05) is 0 Å². The third kappa shape index (κ3) is 2.45. The Balaban J connectivity index is 1.72. The van der Waals surface area contributed by atoms with Crippen molar-refractivity contribution >= 4 is 21.9 Å². The SMILES string of the molecule is Cn1c(C(O)c2ccco2)c(Cn2nnc3ccccc32)c2ccccc21. The largest absolute Gasteiger partial charge is 0.466 e. The predicted octanol–water partition coefficient (Wildman–Crippen LogP) is 3.65. The van der Waals surface area contributed by atoms with Crippen molar-refractivity contribution in [1.29, 1.82) is 0 Å². The summed E-state index contributed by atoms with van der Waals surface area (Å²) in [5.74, 6) is 0.519. The number of rotatable bonds is 4. The van der Waals surface area contributed by atoms with Crippen molar-refractivity contribution in [2.45, 2.75) is 12.6 Å². The van der Waals surface area contributed by atoms with Crippen LogP contribution >= 0.6 is 0 Å². The van der Waals surface area contributed by atoms with Gasteiger partial charge in [-0.05, 0) is 30.3 Å². The van der Waals surface area contributed by atoms with Crippen molar-refractivity contribution in [1.82, 2.24) is 19.6 Å². The van der Waals surface area contributed by atoms with Crippen molar-refractivity contribution in [3.63, 3.8) is 0 Å². The zero-order valence-electron chi connectivity index (χ0n) is 14.8. The van der Waals surface area contributed by atoms with Crippen LogP contribution in [0, 0.1) is 0 Å². The molecule has 5 rings (SSSR count). The van der Waals surface area contributed by atoms with E-state index in [4.69, 9.17) is 4.42 Å². The maximum Gasteiger partial charge on any atom is 0.152 e. The molecule has 0 saturated carbocycles. The van der Waals surface area contributed by atoms with Crippen LogP contribution < -0.4 is 0 Å². The summed E-state index contributed by atoms with van der Waals surface area (Å²) in [6, 6.07) is 19.6. The van der Waals surface area contributed by atoms with E-state index in [2.05, 4.69) is 22.4 Å². The Bertz CT molecular complexity index is 1230. The quantitative estimate of drug-likeness (QED) is 0.532. The first-order chi connectivity index (χ1) is 13.2. The third-order valence-electron chi connectivity index (χ3n) is 5.06. The van der Waals surface area contributed by atoms with Crippen LogP contribution in [-0.2, 0) is 13.6 Å². The average Bonchev–Trinajstić information content (AvgIpc) is 3.42. The van der Waals surface area contributed by atoms with Gasteiger partial charge in [0.2, 0.25) is 0 Å². The van der Waals surface area contributed by atoms with Gasteiger partial charge in [0.25, 0.3) is 0 Å². The highest BCUT2D eigenvalue weighted by Gasteiger charge is 2.25.